The Hall–Kier alpha value is -0.340. The van der Waals surface area contributed by atoms with Gasteiger partial charge in [0.2, 0.25) is 0 Å². The quantitative estimate of drug-likeness (QED) is 0.436. The molecule has 0 radical (unpaired) electrons. The Morgan fingerprint density at radius 1 is 1.55 bits per heavy atom. The van der Waals surface area contributed by atoms with Gasteiger partial charge in [0.15, 0.2) is 0 Å². The van der Waals surface area contributed by atoms with Crippen molar-refractivity contribution in [2.45, 2.75) is 19.4 Å². The molecule has 1 aliphatic rings. The largest absolute Gasteiger partial charge is 0.312 e. The van der Waals surface area contributed by atoms with Gasteiger partial charge in [-0.2, -0.15) is 0 Å². The second-order valence-corrected chi connectivity index (χ2v) is 3.27. The average Bonchev–Trinajstić information content (AvgIpc) is 2.67. The molecule has 2 unspecified atom stereocenters. The fourth-order valence-corrected chi connectivity index (χ4v) is 1.16. The van der Waals surface area contributed by atoms with Gasteiger partial charge in [0, 0.05) is 25.7 Å². The smallest absolute Gasteiger partial charge is 0.0132 e. The first-order chi connectivity index (χ1) is 5.34. The first kappa shape index (κ1) is 8.75. The molecule has 2 N–H and O–H groups in total. The Labute approximate surface area is 69.1 Å². The van der Waals surface area contributed by atoms with E-state index in [1.807, 2.05) is 6.08 Å². The number of nitrogens with one attached hydrogen (secondary N) is 2. The lowest BCUT2D eigenvalue weighted by atomic mass is 10.4. The van der Waals surface area contributed by atoms with Crippen LogP contribution in [0, 0.1) is 5.92 Å². The number of hydrogen-bond acceptors (Lipinski definition) is 2. The summed E-state index contributed by atoms with van der Waals surface area (Å²) in [6.07, 6.45) is 3.25. The summed E-state index contributed by atoms with van der Waals surface area (Å²) in [6.45, 7) is 8.98. The maximum atomic E-state index is 3.63. The number of rotatable bonds is 6. The highest BCUT2D eigenvalue weighted by molar-refractivity contribution is 4.89. The Bertz CT molecular complexity index is 123. The van der Waals surface area contributed by atoms with Gasteiger partial charge >= 0.3 is 0 Å². The Morgan fingerprint density at radius 3 is 2.82 bits per heavy atom. The maximum Gasteiger partial charge on any atom is 0.0132 e. The standard InChI is InChI=1S/C9H18N2/c1-3-4-10-5-6-11-9-7-8(9)2/h3,8-11H,1,4-7H2,2H3. The molecule has 0 aromatic heterocycles. The first-order valence-electron chi connectivity index (χ1n) is 4.39. The van der Waals surface area contributed by atoms with Crippen LogP contribution in [0.2, 0.25) is 0 Å². The van der Waals surface area contributed by atoms with E-state index in [1.165, 1.54) is 6.42 Å². The molecular weight excluding hydrogens is 136 g/mol. The van der Waals surface area contributed by atoms with Crippen molar-refractivity contribution in [3.63, 3.8) is 0 Å². The van der Waals surface area contributed by atoms with Crippen molar-refractivity contribution in [2.75, 3.05) is 19.6 Å². The van der Waals surface area contributed by atoms with Gasteiger partial charge in [-0.1, -0.05) is 13.0 Å². The fourth-order valence-electron chi connectivity index (χ4n) is 1.16. The highest BCUT2D eigenvalue weighted by Crippen LogP contribution is 2.28. The van der Waals surface area contributed by atoms with Crippen LogP contribution in [-0.2, 0) is 0 Å². The molecule has 2 atom stereocenters. The molecule has 1 aliphatic carbocycles. The van der Waals surface area contributed by atoms with Crippen LogP contribution in [-0.4, -0.2) is 25.7 Å². The summed E-state index contributed by atoms with van der Waals surface area (Å²) < 4.78 is 0. The second kappa shape index (κ2) is 4.52. The van der Waals surface area contributed by atoms with E-state index in [1.54, 1.807) is 0 Å². The molecule has 0 aromatic carbocycles. The van der Waals surface area contributed by atoms with Crippen LogP contribution in [0.15, 0.2) is 12.7 Å². The predicted molar refractivity (Wildman–Crippen MR) is 48.6 cm³/mol. The van der Waals surface area contributed by atoms with Gasteiger partial charge in [0.05, 0.1) is 0 Å². The molecule has 1 saturated carbocycles. The zero-order valence-electron chi connectivity index (χ0n) is 7.27. The molecule has 0 saturated heterocycles. The van der Waals surface area contributed by atoms with Crippen LogP contribution >= 0.6 is 0 Å². The Balaban J connectivity index is 1.78. The van der Waals surface area contributed by atoms with Crippen LogP contribution < -0.4 is 10.6 Å². The topological polar surface area (TPSA) is 24.1 Å². The minimum atomic E-state index is 0.806. The molecular formula is C9H18N2. The van der Waals surface area contributed by atoms with E-state index >= 15 is 0 Å². The van der Waals surface area contributed by atoms with Crippen molar-refractivity contribution >= 4 is 0 Å². The molecule has 2 nitrogen and oxygen atoms in total. The van der Waals surface area contributed by atoms with Crippen molar-refractivity contribution in [1.82, 2.24) is 10.6 Å². The van der Waals surface area contributed by atoms with Gasteiger partial charge in [0.25, 0.3) is 0 Å². The maximum absolute atomic E-state index is 3.63. The van der Waals surface area contributed by atoms with E-state index in [-0.39, 0.29) is 0 Å². The SMILES string of the molecule is C=CCNCCNC1CC1C. The molecule has 11 heavy (non-hydrogen) atoms. The summed E-state index contributed by atoms with van der Waals surface area (Å²) in [5.41, 5.74) is 0. The summed E-state index contributed by atoms with van der Waals surface area (Å²) in [6, 6.07) is 0.806. The normalized spacial score (nSPS) is 28.5. The summed E-state index contributed by atoms with van der Waals surface area (Å²) >= 11 is 0. The van der Waals surface area contributed by atoms with Gasteiger partial charge in [-0.15, -0.1) is 6.58 Å². The van der Waals surface area contributed by atoms with Gasteiger partial charge in [-0.25, -0.2) is 0 Å². The van der Waals surface area contributed by atoms with Gasteiger partial charge in [-0.05, 0) is 12.3 Å². The first-order valence-corrected chi connectivity index (χ1v) is 4.39. The van der Waals surface area contributed by atoms with E-state index in [2.05, 4.69) is 24.1 Å². The molecule has 0 aliphatic heterocycles. The molecule has 0 aromatic rings. The van der Waals surface area contributed by atoms with Gasteiger partial charge < -0.3 is 10.6 Å². The van der Waals surface area contributed by atoms with Crippen molar-refractivity contribution in [3.05, 3.63) is 12.7 Å². The van der Waals surface area contributed by atoms with Crippen molar-refractivity contribution in [1.29, 1.82) is 0 Å². The minimum absolute atomic E-state index is 0.806. The van der Waals surface area contributed by atoms with Crippen LogP contribution in [0.1, 0.15) is 13.3 Å². The summed E-state index contributed by atoms with van der Waals surface area (Å²) in [4.78, 5) is 0. The third-order valence-corrected chi connectivity index (χ3v) is 2.11. The highest BCUT2D eigenvalue weighted by Gasteiger charge is 2.31. The summed E-state index contributed by atoms with van der Waals surface area (Å²) in [7, 11) is 0. The monoisotopic (exact) mass is 154 g/mol. The molecule has 0 heterocycles. The zero-order valence-corrected chi connectivity index (χ0v) is 7.27. The molecule has 0 bridgehead atoms. The van der Waals surface area contributed by atoms with Crippen LogP contribution in [0.3, 0.4) is 0 Å². The lowest BCUT2D eigenvalue weighted by Crippen LogP contribution is -2.29. The van der Waals surface area contributed by atoms with E-state index in [0.29, 0.717) is 0 Å². The van der Waals surface area contributed by atoms with Crippen molar-refractivity contribution in [2.24, 2.45) is 5.92 Å². The van der Waals surface area contributed by atoms with E-state index in [9.17, 15) is 0 Å². The summed E-state index contributed by atoms with van der Waals surface area (Å²) in [5.74, 6) is 0.911. The molecule has 0 amide bonds. The van der Waals surface area contributed by atoms with E-state index < -0.39 is 0 Å². The van der Waals surface area contributed by atoms with Gasteiger partial charge in [-0.3, -0.25) is 0 Å². The van der Waals surface area contributed by atoms with E-state index in [4.69, 9.17) is 0 Å². The molecule has 0 spiro atoms. The van der Waals surface area contributed by atoms with Crippen LogP contribution in [0.4, 0.5) is 0 Å². The minimum Gasteiger partial charge on any atom is -0.312 e. The zero-order chi connectivity index (χ0) is 8.10. The average molecular weight is 154 g/mol. The van der Waals surface area contributed by atoms with E-state index in [0.717, 1.165) is 31.6 Å². The number of hydrogen-bond donors (Lipinski definition) is 2. The summed E-state index contributed by atoms with van der Waals surface area (Å²) in [5, 5.41) is 6.72. The lowest BCUT2D eigenvalue weighted by molar-refractivity contribution is 0.613. The Kier molecular flexibility index (Phi) is 3.60. The van der Waals surface area contributed by atoms with Crippen molar-refractivity contribution < 1.29 is 0 Å². The molecule has 1 rings (SSSR count). The van der Waals surface area contributed by atoms with Crippen LogP contribution in [0.25, 0.3) is 0 Å². The fraction of sp³-hybridized carbons (Fsp3) is 0.778. The third kappa shape index (κ3) is 3.54. The van der Waals surface area contributed by atoms with Gasteiger partial charge in [0.1, 0.15) is 0 Å². The molecule has 64 valence electrons. The Morgan fingerprint density at radius 2 is 2.27 bits per heavy atom. The third-order valence-electron chi connectivity index (χ3n) is 2.11. The highest BCUT2D eigenvalue weighted by atomic mass is 15.0. The predicted octanol–water partition coefficient (Wildman–Crippen LogP) is 0.760. The lowest BCUT2D eigenvalue weighted by Gasteiger charge is -2.02. The van der Waals surface area contributed by atoms with Crippen molar-refractivity contribution in [3.8, 4) is 0 Å². The molecule has 2 heteroatoms. The molecule has 1 fully saturated rings. The second-order valence-electron chi connectivity index (χ2n) is 3.27. The van der Waals surface area contributed by atoms with Crippen LogP contribution in [0.5, 0.6) is 0 Å².